The Morgan fingerprint density at radius 3 is 2.24 bits per heavy atom. The van der Waals surface area contributed by atoms with E-state index in [4.69, 9.17) is 0 Å². The summed E-state index contributed by atoms with van der Waals surface area (Å²) in [6.45, 7) is 8.75. The van der Waals surface area contributed by atoms with Crippen LogP contribution in [0.15, 0.2) is 59.6 Å². The number of likely N-dealkylation sites (N-methyl/N-ethyl adjacent to an activating group) is 1. The van der Waals surface area contributed by atoms with Crippen LogP contribution in [0, 0.1) is 0 Å². The molecule has 0 saturated carbocycles. The maximum Gasteiger partial charge on any atom is 0.0448 e. The van der Waals surface area contributed by atoms with E-state index in [9.17, 15) is 0 Å². The van der Waals surface area contributed by atoms with Gasteiger partial charge < -0.3 is 4.90 Å². The second-order valence-corrected chi connectivity index (χ2v) is 6.97. The van der Waals surface area contributed by atoms with Gasteiger partial charge >= 0.3 is 0 Å². The summed E-state index contributed by atoms with van der Waals surface area (Å²) in [5.41, 5.74) is 6.34. The fourth-order valence-electron chi connectivity index (χ4n) is 3.01. The van der Waals surface area contributed by atoms with Crippen LogP contribution < -0.4 is 4.90 Å². The Balaban J connectivity index is 2.08. The number of rotatable bonds is 2. The van der Waals surface area contributed by atoms with Gasteiger partial charge in [0, 0.05) is 28.7 Å². The Hall–Kier alpha value is -1.67. The highest BCUT2D eigenvalue weighted by atomic mass is 32.2. The molecule has 0 radical (unpaired) electrons. The monoisotopic (exact) mass is 295 g/mol. The summed E-state index contributed by atoms with van der Waals surface area (Å²) in [6.07, 6.45) is 2.11. The molecule has 3 rings (SSSR count). The lowest BCUT2D eigenvalue weighted by Gasteiger charge is -2.22. The highest BCUT2D eigenvalue weighted by Crippen LogP contribution is 2.47. The molecule has 1 aliphatic heterocycles. The van der Waals surface area contributed by atoms with Gasteiger partial charge in [0.1, 0.15) is 0 Å². The maximum atomic E-state index is 4.25. The number of fused-ring (bicyclic) bond motifs is 1. The summed E-state index contributed by atoms with van der Waals surface area (Å²) in [6, 6.07) is 15.5. The SMILES string of the molecule is C=C1N(C)c2ccc(-c3ccc(SC)cc3)cc2C1(C)C. The Labute approximate surface area is 131 Å². The van der Waals surface area contributed by atoms with E-state index in [-0.39, 0.29) is 5.41 Å². The first-order chi connectivity index (χ1) is 9.95. The van der Waals surface area contributed by atoms with Gasteiger partial charge in [-0.05, 0) is 47.2 Å². The number of allylic oxidation sites excluding steroid dienone is 1. The van der Waals surface area contributed by atoms with Gasteiger partial charge in [-0.15, -0.1) is 11.8 Å². The number of hydrogen-bond donors (Lipinski definition) is 0. The molecule has 2 aromatic carbocycles. The van der Waals surface area contributed by atoms with Gasteiger partial charge in [-0.1, -0.05) is 38.6 Å². The van der Waals surface area contributed by atoms with E-state index in [1.165, 1.54) is 27.3 Å². The van der Waals surface area contributed by atoms with Gasteiger partial charge in [0.15, 0.2) is 0 Å². The van der Waals surface area contributed by atoms with Gasteiger partial charge in [0.05, 0.1) is 0 Å². The standard InChI is InChI=1S/C19H21NS/c1-13-19(2,3)17-12-15(8-11-18(17)20(13)4)14-6-9-16(21-5)10-7-14/h6-12H,1H2,2-5H3. The van der Waals surface area contributed by atoms with Gasteiger partial charge in [-0.3, -0.25) is 0 Å². The molecule has 2 heteroatoms. The zero-order chi connectivity index (χ0) is 15.2. The molecule has 108 valence electrons. The van der Waals surface area contributed by atoms with Crippen LogP contribution in [-0.2, 0) is 5.41 Å². The van der Waals surface area contributed by atoms with E-state index < -0.39 is 0 Å². The molecule has 0 spiro atoms. The first-order valence-corrected chi connectivity index (χ1v) is 8.39. The average molecular weight is 295 g/mol. The van der Waals surface area contributed by atoms with Crippen LogP contribution in [0.2, 0.25) is 0 Å². The van der Waals surface area contributed by atoms with E-state index in [2.05, 4.69) is 81.1 Å². The quantitative estimate of drug-likeness (QED) is 0.690. The lowest BCUT2D eigenvalue weighted by Crippen LogP contribution is -2.21. The van der Waals surface area contributed by atoms with Crippen molar-refractivity contribution in [2.24, 2.45) is 0 Å². The molecule has 1 nitrogen and oxygen atoms in total. The van der Waals surface area contributed by atoms with Crippen LogP contribution in [-0.4, -0.2) is 13.3 Å². The van der Waals surface area contributed by atoms with Gasteiger partial charge in [0.25, 0.3) is 0 Å². The third kappa shape index (κ3) is 2.18. The molecule has 0 amide bonds. The Morgan fingerprint density at radius 2 is 1.62 bits per heavy atom. The van der Waals surface area contributed by atoms with E-state index in [1.807, 2.05) is 0 Å². The molecule has 0 aromatic heterocycles. The molecule has 0 saturated heterocycles. The summed E-state index contributed by atoms with van der Waals surface area (Å²) in [7, 11) is 2.10. The van der Waals surface area contributed by atoms with E-state index >= 15 is 0 Å². The van der Waals surface area contributed by atoms with Gasteiger partial charge in [-0.25, -0.2) is 0 Å². The summed E-state index contributed by atoms with van der Waals surface area (Å²) in [5.74, 6) is 0. The summed E-state index contributed by atoms with van der Waals surface area (Å²) in [5, 5.41) is 0. The lowest BCUT2D eigenvalue weighted by atomic mass is 9.83. The summed E-state index contributed by atoms with van der Waals surface area (Å²) >= 11 is 1.77. The normalized spacial score (nSPS) is 16.2. The fraction of sp³-hybridized carbons (Fsp3) is 0.263. The van der Waals surface area contributed by atoms with Crippen molar-refractivity contribution in [2.45, 2.75) is 24.2 Å². The zero-order valence-corrected chi connectivity index (χ0v) is 13.9. The van der Waals surface area contributed by atoms with Crippen molar-refractivity contribution >= 4 is 17.4 Å². The maximum absolute atomic E-state index is 4.25. The average Bonchev–Trinajstić information content (AvgIpc) is 2.68. The molecule has 0 bridgehead atoms. The van der Waals surface area contributed by atoms with Gasteiger partial charge in [0.2, 0.25) is 0 Å². The van der Waals surface area contributed by atoms with E-state index in [1.54, 1.807) is 11.8 Å². The van der Waals surface area contributed by atoms with Crippen molar-refractivity contribution in [2.75, 3.05) is 18.2 Å². The van der Waals surface area contributed by atoms with Crippen LogP contribution >= 0.6 is 11.8 Å². The van der Waals surface area contributed by atoms with Crippen molar-refractivity contribution in [1.82, 2.24) is 0 Å². The van der Waals surface area contributed by atoms with Crippen LogP contribution in [0.3, 0.4) is 0 Å². The fourth-order valence-corrected chi connectivity index (χ4v) is 3.42. The second kappa shape index (κ2) is 4.96. The minimum Gasteiger partial charge on any atom is -0.348 e. The van der Waals surface area contributed by atoms with Crippen molar-refractivity contribution in [3.05, 3.63) is 60.3 Å². The minimum atomic E-state index is -0.000690. The Kier molecular flexibility index (Phi) is 3.37. The molecule has 0 atom stereocenters. The summed E-state index contributed by atoms with van der Waals surface area (Å²) in [4.78, 5) is 3.50. The Bertz CT molecular complexity index is 698. The van der Waals surface area contributed by atoms with Gasteiger partial charge in [-0.2, -0.15) is 0 Å². The highest BCUT2D eigenvalue weighted by Gasteiger charge is 2.37. The number of anilines is 1. The van der Waals surface area contributed by atoms with Crippen molar-refractivity contribution < 1.29 is 0 Å². The number of nitrogens with zero attached hydrogens (tertiary/aromatic N) is 1. The molecule has 1 aliphatic rings. The molecule has 0 aliphatic carbocycles. The van der Waals surface area contributed by atoms with E-state index in [0.717, 1.165) is 5.70 Å². The first kappa shape index (κ1) is 14.3. The first-order valence-electron chi connectivity index (χ1n) is 7.17. The number of thioether (sulfide) groups is 1. The molecule has 1 heterocycles. The molecule has 2 aromatic rings. The Morgan fingerprint density at radius 1 is 1.00 bits per heavy atom. The van der Waals surface area contributed by atoms with Crippen molar-refractivity contribution in [3.8, 4) is 11.1 Å². The number of benzene rings is 2. The predicted molar refractivity (Wildman–Crippen MR) is 94.2 cm³/mol. The second-order valence-electron chi connectivity index (χ2n) is 6.09. The van der Waals surface area contributed by atoms with Crippen LogP contribution in [0.1, 0.15) is 19.4 Å². The smallest absolute Gasteiger partial charge is 0.0448 e. The van der Waals surface area contributed by atoms with Crippen LogP contribution in [0.25, 0.3) is 11.1 Å². The molecular formula is C19H21NS. The molecular weight excluding hydrogens is 274 g/mol. The predicted octanol–water partition coefficient (Wildman–Crippen LogP) is 5.32. The van der Waals surface area contributed by atoms with Crippen molar-refractivity contribution in [3.63, 3.8) is 0 Å². The molecule has 0 fully saturated rings. The molecule has 21 heavy (non-hydrogen) atoms. The van der Waals surface area contributed by atoms with Crippen LogP contribution in [0.4, 0.5) is 5.69 Å². The molecule has 0 unspecified atom stereocenters. The van der Waals surface area contributed by atoms with Crippen LogP contribution in [0.5, 0.6) is 0 Å². The third-order valence-corrected chi connectivity index (χ3v) is 5.32. The molecule has 0 N–H and O–H groups in total. The largest absolute Gasteiger partial charge is 0.348 e. The zero-order valence-electron chi connectivity index (χ0n) is 13.1. The van der Waals surface area contributed by atoms with Crippen molar-refractivity contribution in [1.29, 1.82) is 0 Å². The minimum absolute atomic E-state index is 0.000690. The summed E-state index contributed by atoms with van der Waals surface area (Å²) < 4.78 is 0. The van der Waals surface area contributed by atoms with E-state index in [0.29, 0.717) is 0 Å². The highest BCUT2D eigenvalue weighted by molar-refractivity contribution is 7.98. The number of hydrogen-bond acceptors (Lipinski definition) is 2. The lowest BCUT2D eigenvalue weighted by molar-refractivity contribution is 0.643. The topological polar surface area (TPSA) is 3.24 Å². The third-order valence-electron chi connectivity index (χ3n) is 4.58.